The van der Waals surface area contributed by atoms with Gasteiger partial charge in [0.2, 0.25) is 5.78 Å². The minimum absolute atomic E-state index is 0.0197. The fraction of sp³-hybridized carbons (Fsp3) is 0.125. The third-order valence-corrected chi connectivity index (χ3v) is 4.16. The van der Waals surface area contributed by atoms with Gasteiger partial charge < -0.3 is 4.42 Å². The molecule has 26 heavy (non-hydrogen) atoms. The van der Waals surface area contributed by atoms with Gasteiger partial charge in [-0.3, -0.25) is 9.20 Å². The molecule has 0 radical (unpaired) electrons. The molecule has 4 rings (SSSR count). The van der Waals surface area contributed by atoms with Gasteiger partial charge in [-0.05, 0) is 19.1 Å². The molecule has 0 aliphatic rings. The number of fused-ring (bicyclic) bond motifs is 2. The molecular formula is C16H8ClF4N3O2. The smallest absolute Gasteiger partial charge is 0.432 e. The first-order chi connectivity index (χ1) is 12.2. The van der Waals surface area contributed by atoms with Crippen LogP contribution in [-0.2, 0) is 6.18 Å². The summed E-state index contributed by atoms with van der Waals surface area (Å²) in [6, 6.07) is 2.77. The number of furan rings is 1. The summed E-state index contributed by atoms with van der Waals surface area (Å²) in [4.78, 5) is 16.3. The van der Waals surface area contributed by atoms with Crippen LogP contribution in [0.2, 0.25) is 5.02 Å². The standard InChI is InChI=1S/C16H8ClF4N3O2/c1-7-4-8-13(10(18)5-9(17)14(8)26-7)24-12(25)6-11(16(19,20)21)23-3-2-22-15(23)24/h2-6H,1H3. The topological polar surface area (TPSA) is 52.4 Å². The Morgan fingerprint density at radius 1 is 1.23 bits per heavy atom. The lowest BCUT2D eigenvalue weighted by Gasteiger charge is -2.14. The first-order valence-corrected chi connectivity index (χ1v) is 7.61. The number of aryl methyl sites for hydroxylation is 1. The Hall–Kier alpha value is -2.81. The molecule has 0 amide bonds. The van der Waals surface area contributed by atoms with Crippen LogP contribution in [0.15, 0.2) is 39.8 Å². The number of hydrogen-bond donors (Lipinski definition) is 0. The van der Waals surface area contributed by atoms with Gasteiger partial charge in [-0.25, -0.2) is 13.9 Å². The van der Waals surface area contributed by atoms with Crippen molar-refractivity contribution in [1.29, 1.82) is 0 Å². The zero-order valence-corrected chi connectivity index (χ0v) is 13.7. The van der Waals surface area contributed by atoms with Crippen molar-refractivity contribution >= 4 is 28.3 Å². The molecule has 0 spiro atoms. The third-order valence-electron chi connectivity index (χ3n) is 3.88. The van der Waals surface area contributed by atoms with E-state index in [1.54, 1.807) is 6.92 Å². The molecule has 0 aliphatic heterocycles. The van der Waals surface area contributed by atoms with Crippen molar-refractivity contribution in [1.82, 2.24) is 14.0 Å². The Bertz CT molecular complexity index is 1240. The van der Waals surface area contributed by atoms with Gasteiger partial charge in [-0.1, -0.05) is 11.6 Å². The Morgan fingerprint density at radius 3 is 2.65 bits per heavy atom. The van der Waals surface area contributed by atoms with Crippen molar-refractivity contribution in [2.75, 3.05) is 0 Å². The van der Waals surface area contributed by atoms with Crippen molar-refractivity contribution in [2.24, 2.45) is 0 Å². The van der Waals surface area contributed by atoms with Crippen LogP contribution in [-0.4, -0.2) is 14.0 Å². The van der Waals surface area contributed by atoms with E-state index in [-0.39, 0.29) is 27.5 Å². The molecule has 1 aromatic carbocycles. The Balaban J connectivity index is 2.19. The zero-order valence-electron chi connectivity index (χ0n) is 12.9. The monoisotopic (exact) mass is 385 g/mol. The van der Waals surface area contributed by atoms with E-state index in [9.17, 15) is 22.4 Å². The number of hydrogen-bond acceptors (Lipinski definition) is 3. The van der Waals surface area contributed by atoms with Gasteiger partial charge in [0.05, 0.1) is 10.7 Å². The minimum Gasteiger partial charge on any atom is -0.460 e. The minimum atomic E-state index is -4.78. The average Bonchev–Trinajstić information content (AvgIpc) is 3.14. The van der Waals surface area contributed by atoms with Crippen LogP contribution in [0.4, 0.5) is 17.6 Å². The summed E-state index contributed by atoms with van der Waals surface area (Å²) in [6.45, 7) is 1.60. The second-order valence-corrected chi connectivity index (χ2v) is 5.99. The molecule has 3 aromatic heterocycles. The average molecular weight is 386 g/mol. The summed E-state index contributed by atoms with van der Waals surface area (Å²) >= 11 is 5.97. The van der Waals surface area contributed by atoms with Crippen molar-refractivity contribution in [3.63, 3.8) is 0 Å². The summed E-state index contributed by atoms with van der Waals surface area (Å²) in [7, 11) is 0. The predicted octanol–water partition coefficient (Wildman–Crippen LogP) is 4.35. The number of rotatable bonds is 1. The van der Waals surface area contributed by atoms with E-state index in [1.165, 1.54) is 6.07 Å². The lowest BCUT2D eigenvalue weighted by Crippen LogP contribution is -2.26. The molecule has 0 unspecified atom stereocenters. The van der Waals surface area contributed by atoms with Crippen LogP contribution in [0.1, 0.15) is 11.5 Å². The Labute approximate surface area is 147 Å². The van der Waals surface area contributed by atoms with Crippen molar-refractivity contribution in [3.8, 4) is 5.69 Å². The quantitative estimate of drug-likeness (QED) is 0.458. The molecule has 0 fully saturated rings. The molecule has 4 aromatic rings. The van der Waals surface area contributed by atoms with Crippen LogP contribution in [0.25, 0.3) is 22.4 Å². The molecule has 10 heteroatoms. The predicted molar refractivity (Wildman–Crippen MR) is 85.3 cm³/mol. The number of nitrogens with zero attached hydrogens (tertiary/aromatic N) is 3. The van der Waals surface area contributed by atoms with E-state index in [1.807, 2.05) is 0 Å². The number of benzene rings is 1. The van der Waals surface area contributed by atoms with Gasteiger partial charge in [0, 0.05) is 23.8 Å². The number of halogens is 5. The lowest BCUT2D eigenvalue weighted by atomic mass is 10.2. The molecule has 3 heterocycles. The number of imidazole rings is 1. The fourth-order valence-corrected chi connectivity index (χ4v) is 3.13. The van der Waals surface area contributed by atoms with E-state index in [0.29, 0.717) is 16.2 Å². The van der Waals surface area contributed by atoms with Crippen LogP contribution >= 0.6 is 11.6 Å². The van der Waals surface area contributed by atoms with E-state index in [2.05, 4.69) is 4.98 Å². The summed E-state index contributed by atoms with van der Waals surface area (Å²) in [5.41, 5.74) is -2.45. The molecule has 0 saturated heterocycles. The largest absolute Gasteiger partial charge is 0.460 e. The molecule has 0 bridgehead atoms. The van der Waals surface area contributed by atoms with Gasteiger partial charge >= 0.3 is 6.18 Å². The van der Waals surface area contributed by atoms with Crippen molar-refractivity contribution < 1.29 is 22.0 Å². The SMILES string of the molecule is Cc1cc2c(-n3c(=O)cc(C(F)(F)F)n4ccnc34)c(F)cc(Cl)c2o1. The zero-order chi connectivity index (χ0) is 18.8. The molecule has 0 aliphatic carbocycles. The highest BCUT2D eigenvalue weighted by Crippen LogP contribution is 2.35. The van der Waals surface area contributed by atoms with E-state index in [4.69, 9.17) is 16.0 Å². The maximum Gasteiger partial charge on any atom is 0.432 e. The highest BCUT2D eigenvalue weighted by atomic mass is 35.5. The van der Waals surface area contributed by atoms with Crippen LogP contribution < -0.4 is 5.56 Å². The van der Waals surface area contributed by atoms with Gasteiger partial charge in [0.15, 0.2) is 5.58 Å². The van der Waals surface area contributed by atoms with Gasteiger partial charge in [-0.2, -0.15) is 13.2 Å². The summed E-state index contributed by atoms with van der Waals surface area (Å²) < 4.78 is 61.1. The van der Waals surface area contributed by atoms with Crippen LogP contribution in [0.5, 0.6) is 0 Å². The van der Waals surface area contributed by atoms with E-state index in [0.717, 1.165) is 23.0 Å². The first kappa shape index (κ1) is 16.6. The van der Waals surface area contributed by atoms with Gasteiger partial charge in [0.1, 0.15) is 17.3 Å². The molecule has 5 nitrogen and oxygen atoms in total. The molecule has 134 valence electrons. The highest BCUT2D eigenvalue weighted by molar-refractivity contribution is 6.35. The van der Waals surface area contributed by atoms with Crippen molar-refractivity contribution in [3.05, 3.63) is 63.2 Å². The third kappa shape index (κ3) is 2.31. The summed E-state index contributed by atoms with van der Waals surface area (Å²) in [5, 5.41) is 0.132. The number of aromatic nitrogens is 3. The van der Waals surface area contributed by atoms with Crippen molar-refractivity contribution in [2.45, 2.75) is 13.1 Å². The highest BCUT2D eigenvalue weighted by Gasteiger charge is 2.35. The second-order valence-electron chi connectivity index (χ2n) is 5.59. The van der Waals surface area contributed by atoms with Crippen LogP contribution in [0, 0.1) is 12.7 Å². The van der Waals surface area contributed by atoms with Gasteiger partial charge in [-0.15, -0.1) is 0 Å². The summed E-state index contributed by atoms with van der Waals surface area (Å²) in [6.07, 6.45) is -2.65. The molecule has 0 saturated carbocycles. The molecule has 0 atom stereocenters. The second kappa shape index (κ2) is 5.34. The molecular weight excluding hydrogens is 378 g/mol. The Kier molecular flexibility index (Phi) is 3.42. The Morgan fingerprint density at radius 2 is 1.96 bits per heavy atom. The maximum absolute atomic E-state index is 14.7. The maximum atomic E-state index is 14.7. The first-order valence-electron chi connectivity index (χ1n) is 7.23. The number of alkyl halides is 3. The molecule has 0 N–H and O–H groups in total. The van der Waals surface area contributed by atoms with Gasteiger partial charge in [0.25, 0.3) is 5.56 Å². The fourth-order valence-electron chi connectivity index (χ4n) is 2.90. The van der Waals surface area contributed by atoms with Crippen LogP contribution in [0.3, 0.4) is 0 Å². The normalized spacial score (nSPS) is 12.4. The summed E-state index contributed by atoms with van der Waals surface area (Å²) in [5.74, 6) is -0.880. The van der Waals surface area contributed by atoms with E-state index >= 15 is 0 Å². The van der Waals surface area contributed by atoms with E-state index < -0.39 is 23.2 Å². The lowest BCUT2D eigenvalue weighted by molar-refractivity contribution is -0.142.